The molecule has 0 fully saturated rings. The van der Waals surface area contributed by atoms with Crippen molar-refractivity contribution in [2.75, 3.05) is 13.7 Å². The second-order valence-corrected chi connectivity index (χ2v) is 4.90. The molecular formula is C13H18FN3O3. The summed E-state index contributed by atoms with van der Waals surface area (Å²) in [5.74, 6) is -1.00. The Labute approximate surface area is 116 Å². The summed E-state index contributed by atoms with van der Waals surface area (Å²) in [6.07, 6.45) is 0. The van der Waals surface area contributed by atoms with Crippen LogP contribution in [0.2, 0.25) is 0 Å². The molecule has 6 nitrogen and oxygen atoms in total. The summed E-state index contributed by atoms with van der Waals surface area (Å²) in [7, 11) is 1.34. The highest BCUT2D eigenvalue weighted by atomic mass is 19.1. The molecule has 0 aromatic heterocycles. The van der Waals surface area contributed by atoms with Gasteiger partial charge >= 0.3 is 0 Å². The highest BCUT2D eigenvalue weighted by Gasteiger charge is 2.24. The first kappa shape index (κ1) is 15.7. The lowest BCUT2D eigenvalue weighted by molar-refractivity contribution is 0.0944. The van der Waals surface area contributed by atoms with E-state index in [9.17, 15) is 9.18 Å². The highest BCUT2D eigenvalue weighted by Crippen LogP contribution is 2.18. The van der Waals surface area contributed by atoms with Crippen molar-refractivity contribution in [2.45, 2.75) is 13.8 Å². The van der Waals surface area contributed by atoms with Crippen LogP contribution >= 0.6 is 0 Å². The highest BCUT2D eigenvalue weighted by molar-refractivity contribution is 5.95. The minimum atomic E-state index is -0.713. The van der Waals surface area contributed by atoms with Gasteiger partial charge in [-0.15, -0.1) is 0 Å². The minimum absolute atomic E-state index is 0.00119. The Hall–Kier alpha value is -2.31. The SMILES string of the molecule is COc1ccc(C(=O)NCC(C)(C)/C(N)=N/O)cc1F. The van der Waals surface area contributed by atoms with E-state index in [2.05, 4.69) is 10.5 Å². The van der Waals surface area contributed by atoms with Gasteiger partial charge in [-0.2, -0.15) is 0 Å². The van der Waals surface area contributed by atoms with Crippen molar-refractivity contribution in [3.63, 3.8) is 0 Å². The number of amides is 1. The molecule has 1 amide bonds. The van der Waals surface area contributed by atoms with Crippen LogP contribution in [0.1, 0.15) is 24.2 Å². The van der Waals surface area contributed by atoms with E-state index in [4.69, 9.17) is 15.7 Å². The van der Waals surface area contributed by atoms with Gasteiger partial charge in [-0.25, -0.2) is 4.39 Å². The largest absolute Gasteiger partial charge is 0.494 e. The molecule has 0 aliphatic heterocycles. The van der Waals surface area contributed by atoms with Crippen LogP contribution in [-0.4, -0.2) is 30.6 Å². The molecular weight excluding hydrogens is 265 g/mol. The molecule has 1 rings (SSSR count). The summed E-state index contributed by atoms with van der Waals surface area (Å²) in [6.45, 7) is 3.56. The van der Waals surface area contributed by atoms with Crippen LogP contribution in [0.4, 0.5) is 4.39 Å². The molecule has 0 radical (unpaired) electrons. The fraction of sp³-hybridized carbons (Fsp3) is 0.385. The fourth-order valence-electron chi connectivity index (χ4n) is 1.44. The summed E-state index contributed by atoms with van der Waals surface area (Å²) in [5, 5.41) is 14.1. The van der Waals surface area contributed by atoms with Crippen LogP contribution in [0.25, 0.3) is 0 Å². The van der Waals surface area contributed by atoms with E-state index in [-0.39, 0.29) is 23.7 Å². The maximum absolute atomic E-state index is 13.5. The lowest BCUT2D eigenvalue weighted by Crippen LogP contribution is -2.42. The number of amidine groups is 1. The van der Waals surface area contributed by atoms with E-state index in [1.165, 1.54) is 19.2 Å². The smallest absolute Gasteiger partial charge is 0.251 e. The van der Waals surface area contributed by atoms with Gasteiger partial charge in [-0.1, -0.05) is 19.0 Å². The second-order valence-electron chi connectivity index (χ2n) is 4.90. The molecule has 0 spiro atoms. The number of methoxy groups -OCH3 is 1. The Kier molecular flexibility index (Phi) is 4.90. The summed E-state index contributed by atoms with van der Waals surface area (Å²) in [4.78, 5) is 11.9. The molecule has 0 unspecified atom stereocenters. The van der Waals surface area contributed by atoms with Gasteiger partial charge < -0.3 is 21.0 Å². The quantitative estimate of drug-likeness (QED) is 0.329. The molecule has 0 aliphatic rings. The zero-order valence-electron chi connectivity index (χ0n) is 11.6. The van der Waals surface area contributed by atoms with Crippen LogP contribution in [0.15, 0.2) is 23.4 Å². The van der Waals surface area contributed by atoms with Crippen LogP contribution in [-0.2, 0) is 0 Å². The summed E-state index contributed by atoms with van der Waals surface area (Å²) < 4.78 is 18.3. The maximum Gasteiger partial charge on any atom is 0.251 e. The van der Waals surface area contributed by atoms with Crippen molar-refractivity contribution in [1.29, 1.82) is 0 Å². The number of nitrogens with one attached hydrogen (secondary N) is 1. The molecule has 4 N–H and O–H groups in total. The number of rotatable bonds is 5. The number of nitrogens with two attached hydrogens (primary N) is 1. The lowest BCUT2D eigenvalue weighted by atomic mass is 9.92. The van der Waals surface area contributed by atoms with Crippen molar-refractivity contribution >= 4 is 11.7 Å². The van der Waals surface area contributed by atoms with Crippen molar-refractivity contribution in [1.82, 2.24) is 5.32 Å². The fourth-order valence-corrected chi connectivity index (χ4v) is 1.44. The monoisotopic (exact) mass is 283 g/mol. The van der Waals surface area contributed by atoms with Crippen LogP contribution in [0, 0.1) is 11.2 Å². The van der Waals surface area contributed by atoms with Gasteiger partial charge in [-0.05, 0) is 18.2 Å². The molecule has 1 aromatic carbocycles. The number of ether oxygens (including phenoxy) is 1. The molecule has 0 heterocycles. The number of oxime groups is 1. The number of nitrogens with zero attached hydrogens (tertiary/aromatic N) is 1. The predicted molar refractivity (Wildman–Crippen MR) is 72.5 cm³/mol. The molecule has 0 atom stereocenters. The normalized spacial score (nSPS) is 12.1. The number of carbonyl (C=O) groups excluding carboxylic acids is 1. The van der Waals surface area contributed by atoms with E-state index < -0.39 is 17.1 Å². The average Bonchev–Trinajstić information content (AvgIpc) is 2.43. The number of halogens is 1. The zero-order chi connectivity index (χ0) is 15.3. The van der Waals surface area contributed by atoms with E-state index in [0.29, 0.717) is 0 Å². The number of hydrogen-bond acceptors (Lipinski definition) is 4. The van der Waals surface area contributed by atoms with Gasteiger partial charge in [0.05, 0.1) is 7.11 Å². The minimum Gasteiger partial charge on any atom is -0.494 e. The van der Waals surface area contributed by atoms with Gasteiger partial charge in [0.2, 0.25) is 0 Å². The average molecular weight is 283 g/mol. The van der Waals surface area contributed by atoms with Gasteiger partial charge in [0.15, 0.2) is 11.6 Å². The molecule has 0 saturated carbocycles. The Morgan fingerprint density at radius 3 is 2.70 bits per heavy atom. The number of carbonyl (C=O) groups is 1. The Bertz CT molecular complexity index is 530. The van der Waals surface area contributed by atoms with Crippen LogP contribution < -0.4 is 15.8 Å². The lowest BCUT2D eigenvalue weighted by Gasteiger charge is -2.23. The topological polar surface area (TPSA) is 96.9 Å². The van der Waals surface area contributed by atoms with Gasteiger partial charge in [-0.3, -0.25) is 4.79 Å². The molecule has 110 valence electrons. The molecule has 1 aromatic rings. The van der Waals surface area contributed by atoms with Gasteiger partial charge in [0.25, 0.3) is 5.91 Å². The van der Waals surface area contributed by atoms with Crippen molar-refractivity contribution in [3.8, 4) is 5.75 Å². The molecule has 20 heavy (non-hydrogen) atoms. The first-order valence-electron chi connectivity index (χ1n) is 5.91. The molecule has 0 aliphatic carbocycles. The molecule has 0 bridgehead atoms. The maximum atomic E-state index is 13.5. The number of benzene rings is 1. The van der Waals surface area contributed by atoms with E-state index in [0.717, 1.165) is 6.07 Å². The van der Waals surface area contributed by atoms with Crippen molar-refractivity contribution in [2.24, 2.45) is 16.3 Å². The zero-order valence-corrected chi connectivity index (χ0v) is 11.6. The van der Waals surface area contributed by atoms with Crippen molar-refractivity contribution < 1.29 is 19.1 Å². The third-order valence-electron chi connectivity index (χ3n) is 2.91. The number of hydrogen-bond donors (Lipinski definition) is 3. The second kappa shape index (κ2) is 6.23. The standard InChI is InChI=1S/C13H18FN3O3/c1-13(2,12(15)17-19)7-16-11(18)8-4-5-10(20-3)9(14)6-8/h4-6,19H,7H2,1-3H3,(H2,15,17)(H,16,18). The first-order valence-corrected chi connectivity index (χ1v) is 5.91. The van der Waals surface area contributed by atoms with Crippen LogP contribution in [0.5, 0.6) is 5.75 Å². The predicted octanol–water partition coefficient (Wildman–Crippen LogP) is 1.34. The van der Waals surface area contributed by atoms with E-state index in [1.54, 1.807) is 13.8 Å². The van der Waals surface area contributed by atoms with E-state index in [1.807, 2.05) is 0 Å². The van der Waals surface area contributed by atoms with Gasteiger partial charge in [0.1, 0.15) is 5.84 Å². The summed E-state index contributed by atoms with van der Waals surface area (Å²) in [5.41, 5.74) is 4.96. The third-order valence-corrected chi connectivity index (χ3v) is 2.91. The Balaban J connectivity index is 2.75. The first-order chi connectivity index (χ1) is 9.31. The Morgan fingerprint density at radius 1 is 1.55 bits per heavy atom. The van der Waals surface area contributed by atoms with Crippen LogP contribution in [0.3, 0.4) is 0 Å². The summed E-state index contributed by atoms with van der Waals surface area (Å²) >= 11 is 0. The molecule has 7 heteroatoms. The van der Waals surface area contributed by atoms with Gasteiger partial charge in [0, 0.05) is 17.5 Å². The Morgan fingerprint density at radius 2 is 2.20 bits per heavy atom. The third kappa shape index (κ3) is 3.59. The van der Waals surface area contributed by atoms with E-state index >= 15 is 0 Å². The van der Waals surface area contributed by atoms with Crippen molar-refractivity contribution in [3.05, 3.63) is 29.6 Å². The molecule has 0 saturated heterocycles. The summed E-state index contributed by atoms with van der Waals surface area (Å²) in [6, 6.07) is 3.91.